The Morgan fingerprint density at radius 2 is 2.04 bits per heavy atom. The highest BCUT2D eigenvalue weighted by molar-refractivity contribution is 6.05. The number of hydrogen-bond donors (Lipinski definition) is 0. The summed E-state index contributed by atoms with van der Waals surface area (Å²) in [6, 6.07) is 11.8. The summed E-state index contributed by atoms with van der Waals surface area (Å²) >= 11 is 0. The van der Waals surface area contributed by atoms with Crippen LogP contribution in [0, 0.1) is 13.5 Å². The van der Waals surface area contributed by atoms with Crippen LogP contribution in [0.2, 0.25) is 0 Å². The molecule has 0 N–H and O–H groups in total. The van der Waals surface area contributed by atoms with Gasteiger partial charge in [-0.05, 0) is 36.1 Å². The van der Waals surface area contributed by atoms with Gasteiger partial charge in [0.1, 0.15) is 18.5 Å². The molecule has 25 heavy (non-hydrogen) atoms. The molecule has 0 aliphatic carbocycles. The summed E-state index contributed by atoms with van der Waals surface area (Å²) in [7, 11) is 2.04. The third-order valence-corrected chi connectivity index (χ3v) is 4.90. The first kappa shape index (κ1) is 13.9. The lowest BCUT2D eigenvalue weighted by molar-refractivity contribution is -0.659. The summed E-state index contributed by atoms with van der Waals surface area (Å²) in [5.41, 5.74) is 4.87. The van der Waals surface area contributed by atoms with Gasteiger partial charge in [0.05, 0.1) is 23.0 Å². The molecule has 5 rings (SSSR count). The minimum absolute atomic E-state index is 0.585. The molecule has 1 aliphatic heterocycles. The number of nitrogens with zero attached hydrogens (tertiary/aromatic N) is 3. The largest absolute Gasteiger partial charge is 0.457 e. The second-order valence-electron chi connectivity index (χ2n) is 6.34. The van der Waals surface area contributed by atoms with Gasteiger partial charge < -0.3 is 4.74 Å². The van der Waals surface area contributed by atoms with E-state index < -0.39 is 0 Å². The second-order valence-corrected chi connectivity index (χ2v) is 6.34. The Hall–Kier alpha value is -3.45. The second kappa shape index (κ2) is 4.78. The van der Waals surface area contributed by atoms with Gasteiger partial charge in [0.2, 0.25) is 5.69 Å². The molecule has 0 radical (unpaired) electrons. The molecule has 4 nitrogen and oxygen atoms in total. The van der Waals surface area contributed by atoms with Crippen LogP contribution in [-0.4, -0.2) is 4.98 Å². The third kappa shape index (κ3) is 1.81. The van der Waals surface area contributed by atoms with Crippen molar-refractivity contribution >= 4 is 27.4 Å². The number of aryl methyl sites for hydroxylation is 2. The maximum Gasteiger partial charge on any atom is 0.227 e. The van der Waals surface area contributed by atoms with Crippen molar-refractivity contribution in [2.45, 2.75) is 6.92 Å². The van der Waals surface area contributed by atoms with Gasteiger partial charge in [-0.25, -0.2) is 9.41 Å². The van der Waals surface area contributed by atoms with Crippen LogP contribution < -0.4 is 9.30 Å². The molecule has 4 heteroatoms. The highest BCUT2D eigenvalue weighted by Gasteiger charge is 2.30. The fourth-order valence-electron chi connectivity index (χ4n) is 3.75. The van der Waals surface area contributed by atoms with E-state index in [1.54, 1.807) is 6.20 Å². The lowest BCUT2D eigenvalue weighted by Gasteiger charge is -2.21. The van der Waals surface area contributed by atoms with Crippen LogP contribution in [0.25, 0.3) is 37.8 Å². The van der Waals surface area contributed by atoms with Gasteiger partial charge in [0, 0.05) is 23.7 Å². The first-order chi connectivity index (χ1) is 12.2. The Morgan fingerprint density at radius 3 is 2.88 bits per heavy atom. The highest BCUT2D eigenvalue weighted by Crippen LogP contribution is 2.48. The van der Waals surface area contributed by atoms with Gasteiger partial charge in [-0.3, -0.25) is 4.98 Å². The molecule has 0 fully saturated rings. The average Bonchev–Trinajstić information content (AvgIpc) is 2.63. The average molecular weight is 324 g/mol. The van der Waals surface area contributed by atoms with Gasteiger partial charge in [-0.15, -0.1) is 0 Å². The zero-order valence-electron chi connectivity index (χ0n) is 13.9. The topological polar surface area (TPSA) is 30.4 Å². The predicted octanol–water partition coefficient (Wildman–Crippen LogP) is 4.84. The maximum atomic E-state index is 7.35. The molecule has 0 atom stereocenters. The van der Waals surface area contributed by atoms with Crippen molar-refractivity contribution in [3.8, 4) is 22.8 Å². The number of fused-ring (bicyclic) bond motifs is 3. The number of benzene rings is 2. The first-order valence-corrected chi connectivity index (χ1v) is 8.08. The summed E-state index contributed by atoms with van der Waals surface area (Å²) in [5.74, 6) is 1.53. The summed E-state index contributed by atoms with van der Waals surface area (Å²) in [5, 5.41) is 3.20. The summed E-state index contributed by atoms with van der Waals surface area (Å²) < 4.78 is 8.36. The van der Waals surface area contributed by atoms with Crippen LogP contribution in [0.3, 0.4) is 0 Å². The van der Waals surface area contributed by atoms with Crippen LogP contribution in [-0.2, 0) is 7.05 Å². The molecule has 0 spiro atoms. The number of aromatic nitrogens is 2. The van der Waals surface area contributed by atoms with E-state index in [0.717, 1.165) is 50.0 Å². The standard InChI is InChI=1S/C21H14N3O/c1-12-15-5-4-7-23-16(15)11-18-19(12)21-20-13(6-8-24(21)3)9-14(22-2)10-17(20)25-18/h4-11H,1,3H3/q+1. The molecule has 0 bridgehead atoms. The summed E-state index contributed by atoms with van der Waals surface area (Å²) in [6.07, 6.45) is 3.83. The smallest absolute Gasteiger partial charge is 0.227 e. The number of pyridine rings is 2. The number of rotatable bonds is 0. The van der Waals surface area contributed by atoms with Crippen molar-refractivity contribution in [1.82, 2.24) is 4.98 Å². The van der Waals surface area contributed by atoms with Crippen molar-refractivity contribution in [3.05, 3.63) is 65.8 Å². The van der Waals surface area contributed by atoms with Crippen molar-refractivity contribution < 1.29 is 9.30 Å². The van der Waals surface area contributed by atoms with Gasteiger partial charge in [0.25, 0.3) is 0 Å². The van der Waals surface area contributed by atoms with Crippen molar-refractivity contribution in [1.29, 1.82) is 0 Å². The molecule has 0 unspecified atom stereocenters. The zero-order valence-corrected chi connectivity index (χ0v) is 13.9. The molecule has 3 heterocycles. The Bertz CT molecular complexity index is 1250. The molecule has 0 saturated heterocycles. The van der Waals surface area contributed by atoms with Crippen molar-refractivity contribution in [2.75, 3.05) is 0 Å². The Morgan fingerprint density at radius 1 is 1.16 bits per heavy atom. The Kier molecular flexibility index (Phi) is 2.66. The highest BCUT2D eigenvalue weighted by atomic mass is 16.5. The minimum Gasteiger partial charge on any atom is -0.457 e. The van der Waals surface area contributed by atoms with E-state index in [9.17, 15) is 0 Å². The first-order valence-electron chi connectivity index (χ1n) is 8.08. The van der Waals surface area contributed by atoms with E-state index in [-0.39, 0.29) is 0 Å². The molecule has 0 saturated carbocycles. The van der Waals surface area contributed by atoms with E-state index >= 15 is 0 Å². The van der Waals surface area contributed by atoms with Gasteiger partial charge in [-0.1, -0.05) is 6.07 Å². The molecule has 2 aromatic heterocycles. The summed E-state index contributed by atoms with van der Waals surface area (Å²) in [4.78, 5) is 8.06. The Labute approximate surface area is 144 Å². The fourth-order valence-corrected chi connectivity index (χ4v) is 3.75. The Balaban J connectivity index is 1.99. The minimum atomic E-state index is 0.585. The van der Waals surface area contributed by atoms with E-state index in [1.807, 2.05) is 43.6 Å². The van der Waals surface area contributed by atoms with E-state index in [0.29, 0.717) is 5.69 Å². The maximum absolute atomic E-state index is 7.35. The van der Waals surface area contributed by atoms with Crippen LogP contribution in [0.5, 0.6) is 11.5 Å². The van der Waals surface area contributed by atoms with Gasteiger partial charge >= 0.3 is 0 Å². The van der Waals surface area contributed by atoms with Crippen LogP contribution in [0.15, 0.2) is 48.8 Å². The summed E-state index contributed by atoms with van der Waals surface area (Å²) in [6.45, 7) is 9.46. The van der Waals surface area contributed by atoms with Crippen LogP contribution in [0.4, 0.5) is 5.69 Å². The zero-order chi connectivity index (χ0) is 17.1. The molecule has 1 aliphatic rings. The molecule has 4 aromatic rings. The number of hydrogen-bond acceptors (Lipinski definition) is 2. The third-order valence-electron chi connectivity index (χ3n) is 4.90. The van der Waals surface area contributed by atoms with E-state index in [1.165, 1.54) is 0 Å². The molecular formula is C21H14N3O+. The SMILES string of the molecule is [C-]#[N+]c1cc2c3c([n+](C)ccc3c1)-c1c(cc3ncccc3c1C)O2. The molecule has 118 valence electrons. The van der Waals surface area contributed by atoms with E-state index in [4.69, 9.17) is 11.3 Å². The van der Waals surface area contributed by atoms with Crippen LogP contribution >= 0.6 is 0 Å². The molecule has 2 aromatic carbocycles. The normalized spacial score (nSPS) is 11.9. The lowest BCUT2D eigenvalue weighted by atomic mass is 9.93. The van der Waals surface area contributed by atoms with Crippen LogP contribution in [0.1, 0.15) is 5.56 Å². The molecule has 0 amide bonds. The van der Waals surface area contributed by atoms with Crippen molar-refractivity contribution in [3.63, 3.8) is 0 Å². The number of ether oxygens (including phenoxy) is 1. The predicted molar refractivity (Wildman–Crippen MR) is 96.9 cm³/mol. The van der Waals surface area contributed by atoms with Gasteiger partial charge in [-0.2, -0.15) is 0 Å². The monoisotopic (exact) mass is 324 g/mol. The van der Waals surface area contributed by atoms with E-state index in [2.05, 4.69) is 27.4 Å². The fraction of sp³-hybridized carbons (Fsp3) is 0.0952. The lowest BCUT2D eigenvalue weighted by Crippen LogP contribution is -2.31. The van der Waals surface area contributed by atoms with Crippen molar-refractivity contribution in [2.24, 2.45) is 7.05 Å². The molecular weight excluding hydrogens is 310 g/mol. The quantitative estimate of drug-likeness (QED) is 0.301. The van der Waals surface area contributed by atoms with Gasteiger partial charge in [0.15, 0.2) is 11.9 Å².